The van der Waals surface area contributed by atoms with Crippen LogP contribution >= 0.6 is 23.2 Å². The van der Waals surface area contributed by atoms with Crippen LogP contribution in [0, 0.1) is 12.7 Å². The van der Waals surface area contributed by atoms with Crippen molar-refractivity contribution in [1.82, 2.24) is 10.2 Å². The molecule has 0 amide bonds. The zero-order chi connectivity index (χ0) is 27.6. The number of hydrogen-bond donors (Lipinski definition) is 3. The first-order valence-electron chi connectivity index (χ1n) is 11.6. The molecule has 0 radical (unpaired) electrons. The van der Waals surface area contributed by atoms with Crippen LogP contribution < -0.4 is 15.2 Å². The minimum absolute atomic E-state index is 0.000870. The summed E-state index contributed by atoms with van der Waals surface area (Å²) < 4.78 is 32.4. The summed E-state index contributed by atoms with van der Waals surface area (Å²) in [7, 11) is 0. The molecular formula is C27H26Cl2FN3O5. The Morgan fingerprint density at radius 2 is 1.84 bits per heavy atom. The number of nitrogen functional groups attached to an aromatic ring is 1. The lowest BCUT2D eigenvalue weighted by atomic mass is 10.0. The Hall–Kier alpha value is -3.37. The van der Waals surface area contributed by atoms with Crippen LogP contribution in [-0.2, 0) is 6.42 Å². The maximum atomic E-state index is 15.3. The normalized spacial score (nSPS) is 12.4. The van der Waals surface area contributed by atoms with E-state index >= 15 is 4.39 Å². The summed E-state index contributed by atoms with van der Waals surface area (Å²) in [6.07, 6.45) is -1.05. The molecule has 38 heavy (non-hydrogen) atoms. The highest BCUT2D eigenvalue weighted by Crippen LogP contribution is 2.36. The van der Waals surface area contributed by atoms with Gasteiger partial charge in [0.25, 0.3) is 0 Å². The van der Waals surface area contributed by atoms with Crippen molar-refractivity contribution in [3.63, 3.8) is 0 Å². The standard InChI is InChI=1S/C27H26Cl2FN3O5/c1-14-8-18(36-13-22(34)27(2,3)35)5-6-20(14)26-33-32-23(38-26)9-15-4-7-21(29)25(24(15)30)37-19-11-16(28)10-17(31)12-19/h4-8,10-12,22,34-35H,9,13,31H2,1-3H3/t22-/m0/s1. The predicted molar refractivity (Wildman–Crippen MR) is 142 cm³/mol. The largest absolute Gasteiger partial charge is 0.491 e. The first kappa shape index (κ1) is 27.7. The van der Waals surface area contributed by atoms with Crippen LogP contribution in [0.2, 0.25) is 10.0 Å². The second kappa shape index (κ2) is 11.2. The molecule has 0 spiro atoms. The third kappa shape index (κ3) is 6.54. The van der Waals surface area contributed by atoms with E-state index in [0.29, 0.717) is 22.0 Å². The van der Waals surface area contributed by atoms with Crippen molar-refractivity contribution in [3.8, 4) is 28.7 Å². The molecule has 1 aromatic heterocycles. The maximum Gasteiger partial charge on any atom is 0.248 e. The Bertz CT molecular complexity index is 1440. The van der Waals surface area contributed by atoms with Crippen molar-refractivity contribution in [2.24, 2.45) is 0 Å². The molecule has 0 unspecified atom stereocenters. The number of aromatic nitrogens is 2. The molecule has 4 aromatic rings. The van der Waals surface area contributed by atoms with Crippen LogP contribution in [0.4, 0.5) is 10.1 Å². The highest BCUT2D eigenvalue weighted by Gasteiger charge is 2.25. The second-order valence-corrected chi connectivity index (χ2v) is 10.2. The molecule has 0 aliphatic carbocycles. The highest BCUT2D eigenvalue weighted by molar-refractivity contribution is 6.32. The summed E-state index contributed by atoms with van der Waals surface area (Å²) in [4.78, 5) is 0. The molecule has 0 bridgehead atoms. The lowest BCUT2D eigenvalue weighted by molar-refractivity contribution is -0.0661. The smallest absolute Gasteiger partial charge is 0.248 e. The zero-order valence-electron chi connectivity index (χ0n) is 20.8. The van der Waals surface area contributed by atoms with E-state index in [-0.39, 0.29) is 46.9 Å². The molecule has 11 heteroatoms. The molecule has 0 aliphatic rings. The Balaban J connectivity index is 1.50. The molecule has 8 nitrogen and oxygen atoms in total. The van der Waals surface area contributed by atoms with Gasteiger partial charge >= 0.3 is 0 Å². The SMILES string of the molecule is Cc1cc(OC[C@H](O)C(C)(C)O)ccc1-c1nnc(Cc2ccc(Cl)c(Oc3cc(N)cc(Cl)c3)c2F)o1. The molecule has 4 N–H and O–H groups in total. The monoisotopic (exact) mass is 561 g/mol. The number of aliphatic hydroxyl groups excluding tert-OH is 1. The molecule has 0 saturated carbocycles. The van der Waals surface area contributed by atoms with E-state index < -0.39 is 17.5 Å². The van der Waals surface area contributed by atoms with E-state index in [1.807, 2.05) is 6.92 Å². The van der Waals surface area contributed by atoms with Gasteiger partial charge in [-0.25, -0.2) is 4.39 Å². The molecule has 3 aromatic carbocycles. The minimum atomic E-state index is -1.28. The minimum Gasteiger partial charge on any atom is -0.491 e. The molecule has 0 saturated heterocycles. The molecule has 0 fully saturated rings. The van der Waals surface area contributed by atoms with Crippen molar-refractivity contribution in [2.75, 3.05) is 12.3 Å². The summed E-state index contributed by atoms with van der Waals surface area (Å²) in [6.45, 7) is 4.77. The van der Waals surface area contributed by atoms with Gasteiger partial charge in [-0.2, -0.15) is 0 Å². The van der Waals surface area contributed by atoms with Crippen LogP contribution in [0.5, 0.6) is 17.2 Å². The quantitative estimate of drug-likeness (QED) is 0.213. The summed E-state index contributed by atoms with van der Waals surface area (Å²) in [5.74, 6) is 0.332. The first-order chi connectivity index (χ1) is 17.9. The van der Waals surface area contributed by atoms with Gasteiger partial charge in [0, 0.05) is 27.9 Å². The van der Waals surface area contributed by atoms with E-state index in [4.69, 9.17) is 42.8 Å². The zero-order valence-corrected chi connectivity index (χ0v) is 22.3. The molecular weight excluding hydrogens is 536 g/mol. The van der Waals surface area contributed by atoms with Gasteiger partial charge in [0.2, 0.25) is 11.8 Å². The van der Waals surface area contributed by atoms with Crippen molar-refractivity contribution < 1.29 is 28.5 Å². The van der Waals surface area contributed by atoms with E-state index in [2.05, 4.69) is 10.2 Å². The summed E-state index contributed by atoms with van der Waals surface area (Å²) in [5.41, 5.74) is 6.55. The van der Waals surface area contributed by atoms with Crippen molar-refractivity contribution in [1.29, 1.82) is 0 Å². The lowest BCUT2D eigenvalue weighted by Crippen LogP contribution is -2.40. The van der Waals surface area contributed by atoms with Gasteiger partial charge < -0.3 is 29.8 Å². The maximum absolute atomic E-state index is 15.3. The molecule has 1 atom stereocenters. The van der Waals surface area contributed by atoms with Gasteiger partial charge in [0.05, 0.1) is 17.0 Å². The first-order valence-corrected chi connectivity index (χ1v) is 12.3. The summed E-state index contributed by atoms with van der Waals surface area (Å²) in [6, 6.07) is 12.8. The third-order valence-electron chi connectivity index (χ3n) is 5.70. The molecule has 0 aliphatic heterocycles. The fourth-order valence-corrected chi connectivity index (χ4v) is 3.92. The number of anilines is 1. The summed E-state index contributed by atoms with van der Waals surface area (Å²) >= 11 is 12.2. The summed E-state index contributed by atoms with van der Waals surface area (Å²) in [5, 5.41) is 28.4. The second-order valence-electron chi connectivity index (χ2n) is 9.31. The van der Waals surface area contributed by atoms with Crippen molar-refractivity contribution in [3.05, 3.63) is 81.4 Å². The van der Waals surface area contributed by atoms with Gasteiger partial charge in [-0.3, -0.25) is 0 Å². The number of nitrogens with zero attached hydrogens (tertiary/aromatic N) is 2. The van der Waals surface area contributed by atoms with Gasteiger partial charge in [-0.05, 0) is 62.7 Å². The average Bonchev–Trinajstić information content (AvgIpc) is 3.29. The van der Waals surface area contributed by atoms with Gasteiger partial charge in [0.15, 0.2) is 11.6 Å². The number of aliphatic hydroxyl groups is 2. The van der Waals surface area contributed by atoms with E-state index in [0.717, 1.165) is 5.56 Å². The fraction of sp³-hybridized carbons (Fsp3) is 0.259. The Morgan fingerprint density at radius 1 is 1.08 bits per heavy atom. The number of nitrogens with two attached hydrogens (primary N) is 1. The van der Waals surface area contributed by atoms with Crippen molar-refractivity contribution in [2.45, 2.75) is 38.9 Å². The lowest BCUT2D eigenvalue weighted by Gasteiger charge is -2.24. The van der Waals surface area contributed by atoms with Gasteiger partial charge in [0.1, 0.15) is 24.2 Å². The van der Waals surface area contributed by atoms with Gasteiger partial charge in [-0.1, -0.05) is 29.3 Å². The average molecular weight is 562 g/mol. The van der Waals surface area contributed by atoms with Crippen LogP contribution in [0.1, 0.15) is 30.9 Å². The van der Waals surface area contributed by atoms with Crippen LogP contribution in [-0.4, -0.2) is 38.7 Å². The third-order valence-corrected chi connectivity index (χ3v) is 6.22. The van der Waals surface area contributed by atoms with Crippen molar-refractivity contribution >= 4 is 28.9 Å². The highest BCUT2D eigenvalue weighted by atomic mass is 35.5. The molecule has 1 heterocycles. The molecule has 200 valence electrons. The van der Waals surface area contributed by atoms with Crippen LogP contribution in [0.25, 0.3) is 11.5 Å². The fourth-order valence-electron chi connectivity index (χ4n) is 3.51. The Morgan fingerprint density at radius 3 is 2.53 bits per heavy atom. The molecule has 4 rings (SSSR count). The Kier molecular flexibility index (Phi) is 8.13. The van der Waals surface area contributed by atoms with Crippen LogP contribution in [0.15, 0.2) is 52.9 Å². The predicted octanol–water partition coefficient (Wildman–Crippen LogP) is 5.97. The van der Waals surface area contributed by atoms with E-state index in [1.54, 1.807) is 24.3 Å². The number of rotatable bonds is 9. The van der Waals surface area contributed by atoms with E-state index in [1.165, 1.54) is 38.1 Å². The van der Waals surface area contributed by atoms with E-state index in [9.17, 15) is 10.2 Å². The Labute approximate surface area is 228 Å². The number of hydrogen-bond acceptors (Lipinski definition) is 8. The number of ether oxygens (including phenoxy) is 2. The number of benzene rings is 3. The van der Waals surface area contributed by atoms with Crippen LogP contribution in [0.3, 0.4) is 0 Å². The topological polar surface area (TPSA) is 124 Å². The van der Waals surface area contributed by atoms with Gasteiger partial charge in [-0.15, -0.1) is 10.2 Å². The number of aryl methyl sites for hydroxylation is 1. The number of halogens is 3.